The number of rotatable bonds is 19. The second-order valence-corrected chi connectivity index (χ2v) is 11.6. The van der Waals surface area contributed by atoms with E-state index in [4.69, 9.17) is 14.6 Å². The van der Waals surface area contributed by atoms with E-state index in [-0.39, 0.29) is 68.3 Å². The highest BCUT2D eigenvalue weighted by molar-refractivity contribution is 8.76. The van der Waals surface area contributed by atoms with Gasteiger partial charge < -0.3 is 30.3 Å². The molecule has 0 spiro atoms. The van der Waals surface area contributed by atoms with Crippen molar-refractivity contribution >= 4 is 45.1 Å². The van der Waals surface area contributed by atoms with E-state index in [9.17, 15) is 29.6 Å². The van der Waals surface area contributed by atoms with E-state index in [2.05, 4.69) is 15.6 Å². The minimum Gasteiger partial charge on any atom is -0.460 e. The smallest absolute Gasteiger partial charge is 0.305 e. The minimum absolute atomic E-state index is 0.00613. The fourth-order valence-corrected chi connectivity index (χ4v) is 5.43. The van der Waals surface area contributed by atoms with E-state index < -0.39 is 23.3 Å². The number of amides is 2. The Kier molecular flexibility index (Phi) is 15.9. The number of ether oxygens (including phenoxy) is 2. The molecule has 0 aliphatic carbocycles. The highest BCUT2D eigenvalue weighted by Crippen LogP contribution is 2.41. The largest absolute Gasteiger partial charge is 0.460 e. The van der Waals surface area contributed by atoms with Gasteiger partial charge in [-0.1, -0.05) is 29.9 Å². The van der Waals surface area contributed by atoms with Crippen molar-refractivity contribution in [1.82, 2.24) is 15.6 Å². The molecule has 0 radical (unpaired) electrons. The van der Waals surface area contributed by atoms with E-state index in [0.29, 0.717) is 17.0 Å². The highest BCUT2D eigenvalue weighted by Gasteiger charge is 2.15. The molecule has 0 fully saturated rings. The second kappa shape index (κ2) is 19.0. The molecule has 42 heavy (non-hydrogen) atoms. The van der Waals surface area contributed by atoms with Gasteiger partial charge in [-0.3, -0.25) is 24.5 Å². The summed E-state index contributed by atoms with van der Waals surface area (Å²) in [5.41, 5.74) is 1.41. The van der Waals surface area contributed by atoms with Gasteiger partial charge in [-0.25, -0.2) is 4.98 Å². The zero-order valence-electron chi connectivity index (χ0n) is 23.4. The fraction of sp³-hybridized carbons (Fsp3) is 0.481. The van der Waals surface area contributed by atoms with Crippen molar-refractivity contribution in [2.24, 2.45) is 0 Å². The molecule has 0 aliphatic heterocycles. The number of benzene rings is 1. The molecule has 3 unspecified atom stereocenters. The van der Waals surface area contributed by atoms with Gasteiger partial charge in [0.15, 0.2) is 6.29 Å². The number of nitrogens with zero attached hydrogens (tertiary/aromatic N) is 2. The number of hydrogen-bond donors (Lipinski definition) is 4. The van der Waals surface area contributed by atoms with Crippen LogP contribution in [0.1, 0.15) is 60.7 Å². The molecule has 2 rings (SSSR count). The molecule has 1 heterocycles. The second-order valence-electron chi connectivity index (χ2n) is 9.00. The molecule has 0 aliphatic rings. The van der Waals surface area contributed by atoms with Crippen molar-refractivity contribution in [1.29, 1.82) is 0 Å². The summed E-state index contributed by atoms with van der Waals surface area (Å²) in [7, 11) is 2.95. The number of carbonyl (C=O) groups is 3. The van der Waals surface area contributed by atoms with Crippen molar-refractivity contribution in [3.8, 4) is 0 Å². The lowest BCUT2D eigenvalue weighted by Gasteiger charge is -2.18. The van der Waals surface area contributed by atoms with Crippen LogP contribution < -0.4 is 10.6 Å². The molecule has 230 valence electrons. The average molecular weight is 625 g/mol. The molecular weight excluding hydrogens is 588 g/mol. The summed E-state index contributed by atoms with van der Waals surface area (Å²) in [5, 5.41) is 35.6. The monoisotopic (exact) mass is 624 g/mol. The quantitative estimate of drug-likeness (QED) is 0.0447. The Balaban J connectivity index is 1.60. The number of aliphatic hydroxyl groups is 2. The number of hydrogen-bond acceptors (Lipinski definition) is 12. The summed E-state index contributed by atoms with van der Waals surface area (Å²) in [5.74, 6) is -1.13. The molecule has 0 bridgehead atoms. The van der Waals surface area contributed by atoms with Crippen molar-refractivity contribution in [2.75, 3.05) is 26.3 Å². The maximum absolute atomic E-state index is 12.4. The van der Waals surface area contributed by atoms with Crippen molar-refractivity contribution in [2.45, 2.75) is 62.2 Å². The topological polar surface area (TPSA) is 190 Å². The van der Waals surface area contributed by atoms with Crippen molar-refractivity contribution in [3.05, 3.63) is 63.8 Å². The van der Waals surface area contributed by atoms with Gasteiger partial charge in [-0.05, 0) is 54.3 Å². The lowest BCUT2D eigenvalue weighted by molar-refractivity contribution is -0.385. The van der Waals surface area contributed by atoms with Gasteiger partial charge in [0, 0.05) is 42.8 Å². The number of aliphatic hydroxyl groups excluding tert-OH is 2. The molecule has 1 aromatic carbocycles. The molecule has 4 N–H and O–H groups in total. The summed E-state index contributed by atoms with van der Waals surface area (Å²) in [6.45, 7) is 3.63. The molecule has 1 aromatic heterocycles. The first-order valence-electron chi connectivity index (χ1n) is 13.3. The number of esters is 1. The van der Waals surface area contributed by atoms with Crippen LogP contribution in [-0.4, -0.2) is 76.6 Å². The number of aromatic nitrogens is 1. The first-order chi connectivity index (χ1) is 20.1. The van der Waals surface area contributed by atoms with Gasteiger partial charge in [0.1, 0.15) is 17.8 Å². The van der Waals surface area contributed by atoms with E-state index in [0.717, 1.165) is 5.56 Å². The van der Waals surface area contributed by atoms with E-state index in [1.165, 1.54) is 33.9 Å². The lowest BCUT2D eigenvalue weighted by atomic mass is 10.1. The van der Waals surface area contributed by atoms with Crippen molar-refractivity contribution < 1.29 is 39.0 Å². The Hall–Kier alpha value is -3.24. The maximum atomic E-state index is 12.4. The zero-order chi connectivity index (χ0) is 30.9. The molecule has 15 heteroatoms. The molecule has 2 amide bonds. The molecule has 2 aromatic rings. The Bertz CT molecular complexity index is 1150. The number of nitrogens with one attached hydrogen (secondary N) is 2. The normalized spacial score (nSPS) is 13.0. The van der Waals surface area contributed by atoms with Crippen LogP contribution in [0.4, 0.5) is 5.69 Å². The Morgan fingerprint density at radius 2 is 1.81 bits per heavy atom. The van der Waals surface area contributed by atoms with Crippen LogP contribution in [0.15, 0.2) is 47.6 Å². The Labute approximate surface area is 251 Å². The average Bonchev–Trinajstić information content (AvgIpc) is 2.99. The summed E-state index contributed by atoms with van der Waals surface area (Å²) in [4.78, 5) is 50.5. The van der Waals surface area contributed by atoms with Gasteiger partial charge in [0.2, 0.25) is 5.91 Å². The molecular formula is C27H36N4O9S2. The predicted octanol–water partition coefficient (Wildman–Crippen LogP) is 3.16. The molecule has 13 nitrogen and oxygen atoms in total. The lowest BCUT2D eigenvalue weighted by Crippen LogP contribution is -2.34. The van der Waals surface area contributed by atoms with Gasteiger partial charge in [-0.2, -0.15) is 0 Å². The molecule has 0 saturated heterocycles. The first-order valence-corrected chi connectivity index (χ1v) is 15.5. The third-order valence-corrected chi connectivity index (χ3v) is 8.50. The van der Waals surface area contributed by atoms with Crippen LogP contribution >= 0.6 is 21.6 Å². The number of pyridine rings is 1. The zero-order valence-corrected chi connectivity index (χ0v) is 25.0. The first kappa shape index (κ1) is 35.0. The fourth-order valence-electron chi connectivity index (χ4n) is 3.34. The van der Waals surface area contributed by atoms with Crippen LogP contribution in [-0.2, 0) is 19.1 Å². The third kappa shape index (κ3) is 13.2. The Morgan fingerprint density at radius 1 is 1.10 bits per heavy atom. The maximum Gasteiger partial charge on any atom is 0.305 e. The standard InChI is InChI=1S/C27H36N4O9S2/c1-3-22(16-32)40-26(35)17-39-25(34)6-4-5-23(33)28-13-14-29-27(36)20-9-7-19(8-10-20)18(2)41-42-24-12-11-21(15-30-24)31(37)38/h7-12,15,18,22,26,32,35H,3-6,13-14,16-17H2,1-2H3,(H,28,33)(H,29,36). The van der Waals surface area contributed by atoms with Crippen LogP contribution in [0.5, 0.6) is 0 Å². The highest BCUT2D eigenvalue weighted by atomic mass is 33.1. The van der Waals surface area contributed by atoms with E-state index in [1.807, 2.05) is 19.1 Å². The summed E-state index contributed by atoms with van der Waals surface area (Å²) < 4.78 is 10.0. The van der Waals surface area contributed by atoms with Gasteiger partial charge in [0.05, 0.1) is 17.6 Å². The summed E-state index contributed by atoms with van der Waals surface area (Å²) >= 11 is 0. The van der Waals surface area contributed by atoms with Gasteiger partial charge in [-0.15, -0.1) is 0 Å². The van der Waals surface area contributed by atoms with Crippen LogP contribution in [0.2, 0.25) is 0 Å². The summed E-state index contributed by atoms with van der Waals surface area (Å²) in [6.07, 6.45) is 0.209. The van der Waals surface area contributed by atoms with Gasteiger partial charge in [0.25, 0.3) is 11.6 Å². The van der Waals surface area contributed by atoms with Gasteiger partial charge >= 0.3 is 5.97 Å². The summed E-state index contributed by atoms with van der Waals surface area (Å²) in [6, 6.07) is 10.2. The van der Waals surface area contributed by atoms with Crippen molar-refractivity contribution in [3.63, 3.8) is 0 Å². The Morgan fingerprint density at radius 3 is 2.43 bits per heavy atom. The number of carbonyl (C=O) groups excluding carboxylic acids is 3. The van der Waals surface area contributed by atoms with Crippen LogP contribution in [0.25, 0.3) is 0 Å². The SMILES string of the molecule is CCC(CO)OC(O)COC(=O)CCCC(=O)NCCNC(=O)c1ccc(C(C)SSc2ccc([N+](=O)[O-])cn2)cc1. The predicted molar refractivity (Wildman–Crippen MR) is 158 cm³/mol. The number of nitro groups is 1. The van der Waals surface area contributed by atoms with E-state index in [1.54, 1.807) is 25.1 Å². The molecule has 0 saturated carbocycles. The van der Waals surface area contributed by atoms with E-state index >= 15 is 0 Å². The molecule has 3 atom stereocenters. The minimum atomic E-state index is -1.33. The third-order valence-electron chi connectivity index (χ3n) is 5.76. The van der Waals surface area contributed by atoms with Crippen LogP contribution in [0.3, 0.4) is 0 Å². The van der Waals surface area contributed by atoms with Crippen LogP contribution in [0, 0.1) is 10.1 Å².